The molecule has 0 aromatic heterocycles. The smallest absolute Gasteiger partial charge is 0.335 e. The first-order chi connectivity index (χ1) is 18.3. The summed E-state index contributed by atoms with van der Waals surface area (Å²) >= 11 is 0. The minimum Gasteiger partial charge on any atom is -0.335 e. The van der Waals surface area contributed by atoms with E-state index in [-0.39, 0.29) is 11.6 Å². The Bertz CT molecular complexity index is 1300. The molecular formula is C30H28F6N2O. The van der Waals surface area contributed by atoms with Crippen molar-refractivity contribution in [3.63, 3.8) is 0 Å². The molecule has 3 nitrogen and oxygen atoms in total. The molecule has 1 heterocycles. The summed E-state index contributed by atoms with van der Waals surface area (Å²) in [5.41, 5.74) is 0.214. The maximum absolute atomic E-state index is 13.7. The minimum absolute atomic E-state index is 0.0938. The third-order valence-corrected chi connectivity index (χ3v) is 7.05. The molecule has 3 aromatic rings. The van der Waals surface area contributed by atoms with E-state index in [0.717, 1.165) is 16.7 Å². The van der Waals surface area contributed by atoms with E-state index in [0.29, 0.717) is 43.8 Å². The van der Waals surface area contributed by atoms with Crippen LogP contribution in [-0.2, 0) is 23.7 Å². The minimum atomic E-state index is -4.97. The topological polar surface area (TPSA) is 23.6 Å². The summed E-state index contributed by atoms with van der Waals surface area (Å²) in [4.78, 5) is 17.2. The highest BCUT2D eigenvalue weighted by Gasteiger charge is 2.38. The van der Waals surface area contributed by atoms with Crippen LogP contribution in [-0.4, -0.2) is 35.8 Å². The second-order valence-corrected chi connectivity index (χ2v) is 9.70. The van der Waals surface area contributed by atoms with Crippen molar-refractivity contribution in [2.75, 3.05) is 20.1 Å². The van der Waals surface area contributed by atoms with Crippen molar-refractivity contribution < 1.29 is 31.1 Å². The third kappa shape index (κ3) is 6.71. The van der Waals surface area contributed by atoms with Gasteiger partial charge < -0.3 is 4.90 Å². The zero-order valence-corrected chi connectivity index (χ0v) is 21.5. The molecule has 0 N–H and O–H groups in total. The lowest BCUT2D eigenvalue weighted by atomic mass is 9.92. The molecule has 1 aliphatic heterocycles. The highest BCUT2D eigenvalue weighted by atomic mass is 19.4. The Morgan fingerprint density at radius 3 is 1.95 bits per heavy atom. The molecule has 0 aliphatic carbocycles. The molecular weight excluding hydrogens is 518 g/mol. The first kappa shape index (κ1) is 28.4. The summed E-state index contributed by atoms with van der Waals surface area (Å²) in [6, 6.07) is 19.6. The van der Waals surface area contributed by atoms with E-state index < -0.39 is 35.4 Å². The summed E-state index contributed by atoms with van der Waals surface area (Å²) in [5, 5.41) is 0. The fraction of sp³-hybridized carbons (Fsp3) is 0.300. The lowest BCUT2D eigenvalue weighted by Crippen LogP contribution is -2.37. The van der Waals surface area contributed by atoms with Crippen LogP contribution in [0.4, 0.5) is 26.3 Å². The highest BCUT2D eigenvalue weighted by molar-refractivity contribution is 6.02. The van der Waals surface area contributed by atoms with Crippen LogP contribution in [0.2, 0.25) is 0 Å². The molecule has 9 heteroatoms. The molecule has 0 saturated carbocycles. The lowest BCUT2D eigenvalue weighted by Gasteiger charge is -2.34. The molecule has 1 amide bonds. The van der Waals surface area contributed by atoms with Gasteiger partial charge in [0.1, 0.15) is 0 Å². The van der Waals surface area contributed by atoms with E-state index in [1.807, 2.05) is 60.7 Å². The average Bonchev–Trinajstić information content (AvgIpc) is 2.91. The van der Waals surface area contributed by atoms with Gasteiger partial charge in [-0.05, 0) is 53.8 Å². The quantitative estimate of drug-likeness (QED) is 0.297. The molecule has 0 bridgehead atoms. The first-order valence-electron chi connectivity index (χ1n) is 12.4. The summed E-state index contributed by atoms with van der Waals surface area (Å²) in [5.74, 6) is -0.424. The van der Waals surface area contributed by atoms with Gasteiger partial charge in [0.2, 0.25) is 5.91 Å². The van der Waals surface area contributed by atoms with Crippen molar-refractivity contribution in [2.45, 2.75) is 38.3 Å². The number of alkyl halides is 6. The molecule has 1 atom stereocenters. The SMILES string of the molecule is C[C@@H](c1cc(C(F)(F)F)cc(C(F)(F)F)c1)N(C)C(=O)C1=C(c2ccccc2)CN(Cc2ccccc2)CC1. The van der Waals surface area contributed by atoms with Crippen molar-refractivity contribution in [1.29, 1.82) is 0 Å². The third-order valence-electron chi connectivity index (χ3n) is 7.05. The van der Waals surface area contributed by atoms with E-state index >= 15 is 0 Å². The zero-order chi connectivity index (χ0) is 28.4. The number of hydrogen-bond acceptors (Lipinski definition) is 2. The maximum atomic E-state index is 13.7. The molecule has 0 radical (unpaired) electrons. The molecule has 0 unspecified atom stereocenters. The van der Waals surface area contributed by atoms with Crippen LogP contribution in [0.1, 0.15) is 47.2 Å². The molecule has 206 valence electrons. The summed E-state index contributed by atoms with van der Waals surface area (Å²) in [7, 11) is 1.41. The van der Waals surface area contributed by atoms with E-state index in [1.54, 1.807) is 0 Å². The first-order valence-corrected chi connectivity index (χ1v) is 12.4. The summed E-state index contributed by atoms with van der Waals surface area (Å²) in [6.07, 6.45) is -9.54. The number of amides is 1. The fourth-order valence-electron chi connectivity index (χ4n) is 4.77. The number of nitrogens with zero attached hydrogens (tertiary/aromatic N) is 2. The van der Waals surface area contributed by atoms with Crippen LogP contribution in [0, 0.1) is 0 Å². The lowest BCUT2D eigenvalue weighted by molar-refractivity contribution is -0.143. The van der Waals surface area contributed by atoms with E-state index in [4.69, 9.17) is 0 Å². The number of likely N-dealkylation sites (N-methyl/N-ethyl adjacent to an activating group) is 1. The number of rotatable bonds is 6. The van der Waals surface area contributed by atoms with Crippen LogP contribution in [0.5, 0.6) is 0 Å². The number of carbonyl (C=O) groups is 1. The average molecular weight is 547 g/mol. The van der Waals surface area contributed by atoms with Crippen molar-refractivity contribution in [3.05, 3.63) is 112 Å². The van der Waals surface area contributed by atoms with Gasteiger partial charge in [-0.25, -0.2) is 0 Å². The molecule has 0 fully saturated rings. The Balaban J connectivity index is 1.67. The molecule has 39 heavy (non-hydrogen) atoms. The van der Waals surface area contributed by atoms with E-state index in [2.05, 4.69) is 4.90 Å². The Morgan fingerprint density at radius 2 is 1.41 bits per heavy atom. The maximum Gasteiger partial charge on any atom is 0.416 e. The van der Waals surface area contributed by atoms with E-state index in [1.165, 1.54) is 18.9 Å². The predicted octanol–water partition coefficient (Wildman–Crippen LogP) is 7.60. The zero-order valence-electron chi connectivity index (χ0n) is 21.5. The Labute approximate surface area is 223 Å². The van der Waals surface area contributed by atoms with Crippen LogP contribution >= 0.6 is 0 Å². The molecule has 4 rings (SSSR count). The van der Waals surface area contributed by atoms with Crippen LogP contribution in [0.3, 0.4) is 0 Å². The van der Waals surface area contributed by atoms with Gasteiger partial charge in [-0.15, -0.1) is 0 Å². The normalized spacial score (nSPS) is 15.8. The van der Waals surface area contributed by atoms with Crippen molar-refractivity contribution in [3.8, 4) is 0 Å². The summed E-state index contributed by atoms with van der Waals surface area (Å²) in [6.45, 7) is 3.16. The number of benzene rings is 3. The number of carbonyl (C=O) groups excluding carboxylic acids is 1. The summed E-state index contributed by atoms with van der Waals surface area (Å²) < 4.78 is 80.5. The van der Waals surface area contributed by atoms with Gasteiger partial charge in [0.15, 0.2) is 0 Å². The molecule has 3 aromatic carbocycles. The standard InChI is InChI=1S/C30H28F6N2O/c1-20(23-15-24(29(31,32)33)17-25(16-23)30(34,35)36)37(2)28(39)26-13-14-38(18-21-9-5-3-6-10-21)19-27(26)22-11-7-4-8-12-22/h3-12,15-17,20H,13-14,18-19H2,1-2H3/t20-/m0/s1. The largest absolute Gasteiger partial charge is 0.416 e. The fourth-order valence-corrected chi connectivity index (χ4v) is 4.77. The second-order valence-electron chi connectivity index (χ2n) is 9.70. The molecule has 1 aliphatic rings. The van der Waals surface area contributed by atoms with Crippen molar-refractivity contribution in [1.82, 2.24) is 9.80 Å². The van der Waals surface area contributed by atoms with Gasteiger partial charge in [0.25, 0.3) is 0 Å². The van der Waals surface area contributed by atoms with E-state index in [9.17, 15) is 31.1 Å². The predicted molar refractivity (Wildman–Crippen MR) is 137 cm³/mol. The van der Waals surface area contributed by atoms with Gasteiger partial charge in [-0.3, -0.25) is 9.69 Å². The Morgan fingerprint density at radius 1 is 0.872 bits per heavy atom. The van der Waals surface area contributed by atoms with Crippen LogP contribution < -0.4 is 0 Å². The van der Waals surface area contributed by atoms with Gasteiger partial charge in [0.05, 0.1) is 17.2 Å². The van der Waals surface area contributed by atoms with Gasteiger partial charge >= 0.3 is 12.4 Å². The highest BCUT2D eigenvalue weighted by Crippen LogP contribution is 2.39. The molecule has 0 spiro atoms. The van der Waals surface area contributed by atoms with Crippen molar-refractivity contribution >= 4 is 11.5 Å². The van der Waals surface area contributed by atoms with Crippen molar-refractivity contribution in [2.24, 2.45) is 0 Å². The Hall–Kier alpha value is -3.59. The second kappa shape index (κ2) is 11.3. The van der Waals surface area contributed by atoms with Gasteiger partial charge in [-0.2, -0.15) is 26.3 Å². The van der Waals surface area contributed by atoms with Gasteiger partial charge in [0, 0.05) is 32.3 Å². The monoisotopic (exact) mass is 546 g/mol. The molecule has 0 saturated heterocycles. The van der Waals surface area contributed by atoms with Crippen LogP contribution in [0.15, 0.2) is 84.4 Å². The number of halogens is 6. The Kier molecular flexibility index (Phi) is 8.20. The van der Waals surface area contributed by atoms with Gasteiger partial charge in [-0.1, -0.05) is 60.7 Å². The van der Waals surface area contributed by atoms with Crippen LogP contribution in [0.25, 0.3) is 5.57 Å². The number of hydrogen-bond donors (Lipinski definition) is 0.